The number of benzene rings is 2. The number of hydrogen-bond donors (Lipinski definition) is 1. The molecule has 0 heterocycles. The van der Waals surface area contributed by atoms with Gasteiger partial charge in [-0.15, -0.1) is 0 Å². The van der Waals surface area contributed by atoms with Gasteiger partial charge in [0.25, 0.3) is 10.0 Å². The molecule has 0 radical (unpaired) electrons. The fourth-order valence-electron chi connectivity index (χ4n) is 2.30. The maximum atomic E-state index is 13.1. The van der Waals surface area contributed by atoms with Crippen LogP contribution in [0, 0.1) is 6.92 Å². The van der Waals surface area contributed by atoms with Gasteiger partial charge in [-0.2, -0.15) is 0 Å². The van der Waals surface area contributed by atoms with E-state index in [-0.39, 0.29) is 23.4 Å². The zero-order valence-corrected chi connectivity index (χ0v) is 15.6. The summed E-state index contributed by atoms with van der Waals surface area (Å²) in [6.07, 6.45) is 0.780. The monoisotopic (exact) mass is 360 g/mol. The summed E-state index contributed by atoms with van der Waals surface area (Å²) in [5.41, 5.74) is 1.43. The summed E-state index contributed by atoms with van der Waals surface area (Å²) in [5, 5.41) is 2.82. The number of sulfonamides is 1. The van der Waals surface area contributed by atoms with Crippen LogP contribution in [0.4, 0.5) is 5.69 Å². The molecular formula is C19H24N2O3S. The molecule has 0 spiro atoms. The van der Waals surface area contributed by atoms with Crippen molar-refractivity contribution in [2.75, 3.05) is 10.8 Å². The topological polar surface area (TPSA) is 66.5 Å². The van der Waals surface area contributed by atoms with Crippen molar-refractivity contribution < 1.29 is 13.2 Å². The molecule has 0 saturated carbocycles. The van der Waals surface area contributed by atoms with Crippen LogP contribution in [0.5, 0.6) is 0 Å². The largest absolute Gasteiger partial charge is 0.352 e. The average molecular weight is 360 g/mol. The van der Waals surface area contributed by atoms with Crippen molar-refractivity contribution in [3.8, 4) is 0 Å². The lowest BCUT2D eigenvalue weighted by Gasteiger charge is -2.25. The number of nitrogens with zero attached hydrogens (tertiary/aromatic N) is 1. The van der Waals surface area contributed by atoms with Crippen LogP contribution in [0.1, 0.15) is 25.8 Å². The van der Waals surface area contributed by atoms with Gasteiger partial charge in [-0.25, -0.2) is 8.42 Å². The Morgan fingerprint density at radius 1 is 1.08 bits per heavy atom. The second-order valence-electron chi connectivity index (χ2n) is 6.04. The summed E-state index contributed by atoms with van der Waals surface area (Å²) in [7, 11) is -3.84. The molecule has 1 amide bonds. The molecule has 0 aliphatic carbocycles. The second kappa shape index (κ2) is 8.16. The van der Waals surface area contributed by atoms with Crippen molar-refractivity contribution in [2.24, 2.45) is 0 Å². The number of carbonyl (C=O) groups is 1. The van der Waals surface area contributed by atoms with E-state index >= 15 is 0 Å². The number of aryl methyl sites for hydroxylation is 1. The maximum Gasteiger partial charge on any atom is 0.264 e. The van der Waals surface area contributed by atoms with E-state index in [1.54, 1.807) is 54.6 Å². The molecule has 0 aliphatic heterocycles. The molecule has 5 nitrogen and oxygen atoms in total. The van der Waals surface area contributed by atoms with Gasteiger partial charge in [-0.3, -0.25) is 9.10 Å². The highest BCUT2D eigenvalue weighted by molar-refractivity contribution is 7.92. The quantitative estimate of drug-likeness (QED) is 0.825. The van der Waals surface area contributed by atoms with Gasteiger partial charge in [0.2, 0.25) is 5.91 Å². The SMILES string of the molecule is CC[C@@H](C)NC(=O)CN(c1ccccc1)S(=O)(=O)c1ccc(C)cc1. The molecule has 2 aromatic rings. The summed E-state index contributed by atoms with van der Waals surface area (Å²) < 4.78 is 27.3. The Labute approximate surface area is 149 Å². The van der Waals surface area contributed by atoms with Gasteiger partial charge in [0.15, 0.2) is 0 Å². The molecular weight excluding hydrogens is 336 g/mol. The smallest absolute Gasteiger partial charge is 0.264 e. The Kier molecular flexibility index (Phi) is 6.20. The fourth-order valence-corrected chi connectivity index (χ4v) is 3.72. The Morgan fingerprint density at radius 2 is 1.68 bits per heavy atom. The third-order valence-electron chi connectivity index (χ3n) is 3.96. The highest BCUT2D eigenvalue weighted by Crippen LogP contribution is 2.23. The van der Waals surface area contributed by atoms with Crippen LogP contribution in [-0.2, 0) is 14.8 Å². The molecule has 0 bridgehead atoms. The van der Waals surface area contributed by atoms with Crippen LogP contribution in [0.2, 0.25) is 0 Å². The van der Waals surface area contributed by atoms with Gasteiger partial charge in [-0.1, -0.05) is 42.8 Å². The normalized spacial score (nSPS) is 12.4. The number of amides is 1. The van der Waals surface area contributed by atoms with Crippen LogP contribution in [-0.4, -0.2) is 26.9 Å². The minimum Gasteiger partial charge on any atom is -0.352 e. The van der Waals surface area contributed by atoms with Gasteiger partial charge in [0, 0.05) is 6.04 Å². The molecule has 1 atom stereocenters. The van der Waals surface area contributed by atoms with Crippen LogP contribution in [0.25, 0.3) is 0 Å². The number of rotatable bonds is 7. The minimum atomic E-state index is -3.84. The first-order valence-electron chi connectivity index (χ1n) is 8.28. The first kappa shape index (κ1) is 19.0. The van der Waals surface area contributed by atoms with Crippen LogP contribution in [0.3, 0.4) is 0 Å². The van der Waals surface area contributed by atoms with Gasteiger partial charge in [0.05, 0.1) is 10.6 Å². The Bertz CT molecular complexity index is 802. The number of carbonyl (C=O) groups excluding carboxylic acids is 1. The van der Waals surface area contributed by atoms with E-state index in [0.29, 0.717) is 5.69 Å². The molecule has 0 saturated heterocycles. The third kappa shape index (κ3) is 4.82. The summed E-state index contributed by atoms with van der Waals surface area (Å²) in [4.78, 5) is 12.5. The summed E-state index contributed by atoms with van der Waals surface area (Å²) in [5.74, 6) is -0.325. The predicted octanol–water partition coefficient (Wildman–Crippen LogP) is 3.11. The average Bonchev–Trinajstić information content (AvgIpc) is 2.60. The Morgan fingerprint density at radius 3 is 2.24 bits per heavy atom. The van der Waals surface area contributed by atoms with E-state index in [0.717, 1.165) is 16.3 Å². The van der Waals surface area contributed by atoms with Gasteiger partial charge in [0.1, 0.15) is 6.54 Å². The highest BCUT2D eigenvalue weighted by atomic mass is 32.2. The number of nitrogens with one attached hydrogen (secondary N) is 1. The Balaban J connectivity index is 2.37. The molecule has 0 aromatic heterocycles. The zero-order chi connectivity index (χ0) is 18.4. The predicted molar refractivity (Wildman–Crippen MR) is 100 cm³/mol. The van der Waals surface area contributed by atoms with Crippen molar-refractivity contribution in [1.29, 1.82) is 0 Å². The van der Waals surface area contributed by atoms with E-state index in [1.165, 1.54) is 0 Å². The molecule has 0 unspecified atom stereocenters. The van der Waals surface area contributed by atoms with Crippen molar-refractivity contribution in [1.82, 2.24) is 5.32 Å². The van der Waals surface area contributed by atoms with E-state index < -0.39 is 10.0 Å². The first-order valence-corrected chi connectivity index (χ1v) is 9.72. The lowest BCUT2D eigenvalue weighted by Crippen LogP contribution is -2.43. The fraction of sp³-hybridized carbons (Fsp3) is 0.316. The van der Waals surface area contributed by atoms with Crippen LogP contribution < -0.4 is 9.62 Å². The van der Waals surface area contributed by atoms with Crippen molar-refractivity contribution in [3.05, 3.63) is 60.2 Å². The van der Waals surface area contributed by atoms with E-state index in [4.69, 9.17) is 0 Å². The summed E-state index contributed by atoms with van der Waals surface area (Å²) in [6.45, 7) is 5.48. The number of anilines is 1. The number of para-hydroxylation sites is 1. The standard InChI is InChI=1S/C19H24N2O3S/c1-4-16(3)20-19(22)14-21(17-8-6-5-7-9-17)25(23,24)18-12-10-15(2)11-13-18/h5-13,16H,4,14H2,1-3H3,(H,20,22)/t16-/m1/s1. The Hall–Kier alpha value is -2.34. The third-order valence-corrected chi connectivity index (χ3v) is 5.75. The number of hydrogen-bond acceptors (Lipinski definition) is 3. The minimum absolute atomic E-state index is 0.00722. The van der Waals surface area contributed by atoms with Gasteiger partial charge >= 0.3 is 0 Å². The van der Waals surface area contributed by atoms with Crippen molar-refractivity contribution in [2.45, 2.75) is 38.1 Å². The van der Waals surface area contributed by atoms with E-state index in [1.807, 2.05) is 20.8 Å². The molecule has 6 heteroatoms. The molecule has 25 heavy (non-hydrogen) atoms. The second-order valence-corrected chi connectivity index (χ2v) is 7.90. The lowest BCUT2D eigenvalue weighted by molar-refractivity contribution is -0.120. The molecule has 1 N–H and O–H groups in total. The maximum absolute atomic E-state index is 13.1. The van der Waals surface area contributed by atoms with Gasteiger partial charge in [-0.05, 0) is 44.5 Å². The molecule has 0 aliphatic rings. The van der Waals surface area contributed by atoms with Crippen molar-refractivity contribution in [3.63, 3.8) is 0 Å². The van der Waals surface area contributed by atoms with E-state index in [9.17, 15) is 13.2 Å². The molecule has 134 valence electrons. The zero-order valence-electron chi connectivity index (χ0n) is 14.8. The first-order chi connectivity index (χ1) is 11.8. The van der Waals surface area contributed by atoms with E-state index in [2.05, 4.69) is 5.32 Å². The lowest BCUT2D eigenvalue weighted by atomic mass is 10.2. The molecule has 2 rings (SSSR count). The van der Waals surface area contributed by atoms with Gasteiger partial charge < -0.3 is 5.32 Å². The summed E-state index contributed by atoms with van der Waals surface area (Å²) in [6, 6.07) is 15.3. The van der Waals surface area contributed by atoms with Crippen LogP contribution in [0.15, 0.2) is 59.5 Å². The molecule has 0 fully saturated rings. The summed E-state index contributed by atoms with van der Waals surface area (Å²) >= 11 is 0. The van der Waals surface area contributed by atoms with Crippen LogP contribution >= 0.6 is 0 Å². The molecule has 2 aromatic carbocycles. The highest BCUT2D eigenvalue weighted by Gasteiger charge is 2.27. The van der Waals surface area contributed by atoms with Crippen molar-refractivity contribution >= 4 is 21.6 Å².